The summed E-state index contributed by atoms with van der Waals surface area (Å²) in [5.74, 6) is -0.279. The lowest BCUT2D eigenvalue weighted by atomic mass is 10.1. The Bertz CT molecular complexity index is 498. The Morgan fingerprint density at radius 1 is 1.24 bits per heavy atom. The average molecular weight is 291 g/mol. The van der Waals surface area contributed by atoms with Gasteiger partial charge in [0.05, 0.1) is 13.5 Å². The van der Waals surface area contributed by atoms with E-state index in [0.717, 1.165) is 30.6 Å². The number of methoxy groups -OCH3 is 1. The summed E-state index contributed by atoms with van der Waals surface area (Å²) in [6.45, 7) is 0.534. The molecule has 0 aromatic heterocycles. The Morgan fingerprint density at radius 2 is 1.95 bits per heavy atom. The van der Waals surface area contributed by atoms with Crippen LogP contribution < -0.4 is 4.74 Å². The number of nitrogens with zero attached hydrogens (tertiary/aromatic N) is 1. The van der Waals surface area contributed by atoms with E-state index in [1.807, 2.05) is 12.1 Å². The maximum Gasteiger partial charge on any atom is 0.326 e. The van der Waals surface area contributed by atoms with E-state index in [9.17, 15) is 14.7 Å². The molecule has 1 unspecified atom stereocenters. The number of amides is 1. The van der Waals surface area contributed by atoms with Crippen LogP contribution in [0.1, 0.15) is 31.2 Å². The molecule has 0 aliphatic carbocycles. The van der Waals surface area contributed by atoms with Gasteiger partial charge in [0.1, 0.15) is 11.8 Å². The second-order valence-electron chi connectivity index (χ2n) is 5.32. The van der Waals surface area contributed by atoms with E-state index >= 15 is 0 Å². The Hall–Kier alpha value is -2.04. The molecular weight excluding hydrogens is 270 g/mol. The molecule has 0 saturated carbocycles. The quantitative estimate of drug-likeness (QED) is 0.922. The Balaban J connectivity index is 2.06. The molecule has 5 heteroatoms. The molecule has 0 bridgehead atoms. The van der Waals surface area contributed by atoms with Crippen molar-refractivity contribution in [2.24, 2.45) is 0 Å². The number of ether oxygens (including phenoxy) is 1. The number of carboxylic acids is 1. The zero-order valence-corrected chi connectivity index (χ0v) is 12.2. The van der Waals surface area contributed by atoms with E-state index in [0.29, 0.717) is 13.0 Å². The predicted octanol–water partition coefficient (Wildman–Crippen LogP) is 2.09. The second-order valence-corrected chi connectivity index (χ2v) is 5.32. The minimum atomic E-state index is -0.903. The van der Waals surface area contributed by atoms with Crippen LogP contribution in [0, 0.1) is 0 Å². The summed E-state index contributed by atoms with van der Waals surface area (Å²) in [4.78, 5) is 25.3. The van der Waals surface area contributed by atoms with Gasteiger partial charge in [0.15, 0.2) is 0 Å². The topological polar surface area (TPSA) is 66.8 Å². The van der Waals surface area contributed by atoms with Crippen LogP contribution in [0.2, 0.25) is 0 Å². The molecule has 5 nitrogen and oxygen atoms in total. The molecule has 0 spiro atoms. The van der Waals surface area contributed by atoms with E-state index in [1.165, 1.54) is 4.90 Å². The highest BCUT2D eigenvalue weighted by Crippen LogP contribution is 2.19. The van der Waals surface area contributed by atoms with Gasteiger partial charge < -0.3 is 14.7 Å². The molecule has 2 rings (SSSR count). The SMILES string of the molecule is COc1ccc(CC(=O)N2CCCCCC2C(=O)O)cc1. The van der Waals surface area contributed by atoms with Crippen molar-refractivity contribution in [3.63, 3.8) is 0 Å². The molecular formula is C16H21NO4. The van der Waals surface area contributed by atoms with Crippen LogP contribution in [0.5, 0.6) is 5.75 Å². The first-order valence-corrected chi connectivity index (χ1v) is 7.27. The zero-order valence-electron chi connectivity index (χ0n) is 12.2. The number of carbonyl (C=O) groups is 2. The van der Waals surface area contributed by atoms with E-state index in [2.05, 4.69) is 0 Å². The molecule has 114 valence electrons. The summed E-state index contributed by atoms with van der Waals surface area (Å²) < 4.78 is 5.08. The van der Waals surface area contributed by atoms with E-state index in [-0.39, 0.29) is 12.3 Å². The fraction of sp³-hybridized carbons (Fsp3) is 0.500. The number of likely N-dealkylation sites (tertiary alicyclic amines) is 1. The van der Waals surface area contributed by atoms with Gasteiger partial charge in [-0.05, 0) is 30.5 Å². The summed E-state index contributed by atoms with van der Waals surface area (Å²) in [6, 6.07) is 6.60. The number of benzene rings is 1. The number of hydrogen-bond donors (Lipinski definition) is 1. The van der Waals surface area contributed by atoms with E-state index in [4.69, 9.17) is 4.74 Å². The summed E-state index contributed by atoms with van der Waals surface area (Å²) in [5.41, 5.74) is 0.870. The van der Waals surface area contributed by atoms with Crippen LogP contribution in [0.3, 0.4) is 0 Å². The van der Waals surface area contributed by atoms with Crippen LogP contribution in [-0.4, -0.2) is 41.6 Å². The monoisotopic (exact) mass is 291 g/mol. The van der Waals surface area contributed by atoms with Gasteiger partial charge in [0, 0.05) is 6.54 Å². The van der Waals surface area contributed by atoms with Crippen LogP contribution in [0.15, 0.2) is 24.3 Å². The first-order valence-electron chi connectivity index (χ1n) is 7.27. The molecule has 1 aromatic carbocycles. The average Bonchev–Trinajstić information content (AvgIpc) is 2.74. The van der Waals surface area contributed by atoms with Crippen LogP contribution in [-0.2, 0) is 16.0 Å². The van der Waals surface area contributed by atoms with Gasteiger partial charge in [0.25, 0.3) is 0 Å². The number of carbonyl (C=O) groups excluding carboxylic acids is 1. The zero-order chi connectivity index (χ0) is 15.2. The summed E-state index contributed by atoms with van der Waals surface area (Å²) in [6.07, 6.45) is 3.50. The molecule has 1 amide bonds. The molecule has 1 saturated heterocycles. The van der Waals surface area contributed by atoms with Crippen LogP contribution in [0.25, 0.3) is 0 Å². The van der Waals surface area contributed by atoms with Crippen molar-refractivity contribution in [1.29, 1.82) is 0 Å². The smallest absolute Gasteiger partial charge is 0.326 e. The molecule has 1 N–H and O–H groups in total. The maximum atomic E-state index is 12.4. The van der Waals surface area contributed by atoms with Crippen molar-refractivity contribution < 1.29 is 19.4 Å². The Morgan fingerprint density at radius 3 is 2.57 bits per heavy atom. The first kappa shape index (κ1) is 15.4. The number of hydrogen-bond acceptors (Lipinski definition) is 3. The Labute approximate surface area is 124 Å². The minimum absolute atomic E-state index is 0.116. The third-order valence-corrected chi connectivity index (χ3v) is 3.87. The van der Waals surface area contributed by atoms with Gasteiger partial charge in [-0.25, -0.2) is 4.79 Å². The van der Waals surface area contributed by atoms with Crippen molar-refractivity contribution in [3.8, 4) is 5.75 Å². The van der Waals surface area contributed by atoms with Crippen molar-refractivity contribution in [2.75, 3.05) is 13.7 Å². The third-order valence-electron chi connectivity index (χ3n) is 3.87. The van der Waals surface area contributed by atoms with Crippen molar-refractivity contribution in [1.82, 2.24) is 4.90 Å². The fourth-order valence-electron chi connectivity index (χ4n) is 2.68. The molecule has 1 fully saturated rings. The lowest BCUT2D eigenvalue weighted by Crippen LogP contribution is -2.45. The van der Waals surface area contributed by atoms with Gasteiger partial charge >= 0.3 is 5.97 Å². The van der Waals surface area contributed by atoms with E-state index in [1.54, 1.807) is 19.2 Å². The van der Waals surface area contributed by atoms with Gasteiger partial charge in [-0.1, -0.05) is 25.0 Å². The number of rotatable bonds is 4. The number of aliphatic carboxylic acids is 1. The van der Waals surface area contributed by atoms with Gasteiger partial charge in [0.2, 0.25) is 5.91 Å². The van der Waals surface area contributed by atoms with Crippen LogP contribution in [0.4, 0.5) is 0 Å². The molecule has 21 heavy (non-hydrogen) atoms. The molecule has 1 aliphatic rings. The number of carboxylic acid groups (broad SMARTS) is 1. The minimum Gasteiger partial charge on any atom is -0.497 e. The maximum absolute atomic E-state index is 12.4. The summed E-state index contributed by atoms with van der Waals surface area (Å²) in [5, 5.41) is 9.31. The molecule has 0 radical (unpaired) electrons. The largest absolute Gasteiger partial charge is 0.497 e. The first-order chi connectivity index (χ1) is 10.1. The fourth-order valence-corrected chi connectivity index (χ4v) is 2.68. The van der Waals surface area contributed by atoms with Crippen molar-refractivity contribution in [3.05, 3.63) is 29.8 Å². The second kappa shape index (κ2) is 7.11. The van der Waals surface area contributed by atoms with Crippen LogP contribution >= 0.6 is 0 Å². The van der Waals surface area contributed by atoms with E-state index < -0.39 is 12.0 Å². The standard InChI is InChI=1S/C16H21NO4/c1-21-13-8-6-12(7-9-13)11-15(18)17-10-4-2-3-5-14(17)16(19)20/h6-9,14H,2-5,10-11H2,1H3,(H,19,20). The van der Waals surface area contributed by atoms with Gasteiger partial charge in [-0.2, -0.15) is 0 Å². The van der Waals surface area contributed by atoms with Crippen molar-refractivity contribution in [2.45, 2.75) is 38.1 Å². The molecule has 1 aromatic rings. The Kier molecular flexibility index (Phi) is 5.20. The normalized spacial score (nSPS) is 18.9. The van der Waals surface area contributed by atoms with Gasteiger partial charge in [-0.3, -0.25) is 4.79 Å². The summed E-state index contributed by atoms with van der Waals surface area (Å²) in [7, 11) is 1.59. The highest BCUT2D eigenvalue weighted by molar-refractivity contribution is 5.85. The van der Waals surface area contributed by atoms with Gasteiger partial charge in [-0.15, -0.1) is 0 Å². The molecule has 1 aliphatic heterocycles. The van der Waals surface area contributed by atoms with Crippen molar-refractivity contribution >= 4 is 11.9 Å². The lowest BCUT2D eigenvalue weighted by molar-refractivity contribution is -0.150. The highest BCUT2D eigenvalue weighted by atomic mass is 16.5. The lowest BCUT2D eigenvalue weighted by Gasteiger charge is -2.27. The summed E-state index contributed by atoms with van der Waals surface area (Å²) >= 11 is 0. The third kappa shape index (κ3) is 3.97. The molecule has 1 atom stereocenters. The highest BCUT2D eigenvalue weighted by Gasteiger charge is 2.30. The molecule has 1 heterocycles. The predicted molar refractivity (Wildman–Crippen MR) is 78.3 cm³/mol.